The molecule has 0 spiro atoms. The second-order valence-corrected chi connectivity index (χ2v) is 22.7. The van der Waals surface area contributed by atoms with Crippen molar-refractivity contribution >= 4 is 52.3 Å². The minimum atomic E-state index is -1.80. The first-order valence-electron chi connectivity index (χ1n) is 15.0. The highest BCUT2D eigenvalue weighted by Gasteiger charge is 2.46. The van der Waals surface area contributed by atoms with Crippen LogP contribution in [0.15, 0.2) is 40.8 Å². The number of carbonyl (C=O) groups excluding carboxylic acids is 2. The van der Waals surface area contributed by atoms with Crippen molar-refractivity contribution in [2.75, 3.05) is 0 Å². The summed E-state index contributed by atoms with van der Waals surface area (Å²) in [6.45, 7) is 21.9. The average Bonchev–Trinajstić information content (AvgIpc) is 3.60. The number of carbonyl (C=O) groups is 2. The smallest absolute Gasteiger partial charge is 0.286 e. The molecule has 3 unspecified atom stereocenters. The van der Waals surface area contributed by atoms with E-state index < -0.39 is 23.9 Å². The normalized spacial score (nSPS) is 18.9. The van der Waals surface area contributed by atoms with Gasteiger partial charge in [0.25, 0.3) is 5.24 Å². The lowest BCUT2D eigenvalue weighted by molar-refractivity contribution is -0.142. The first kappa shape index (κ1) is 33.9. The molecule has 234 valence electrons. The molecule has 4 rings (SSSR count). The molecule has 0 bridgehead atoms. The van der Waals surface area contributed by atoms with E-state index in [0.717, 1.165) is 34.3 Å². The van der Waals surface area contributed by atoms with Crippen LogP contribution >= 0.6 is 23.1 Å². The number of nitrogens with zero attached hydrogens (tertiary/aromatic N) is 1. The lowest BCUT2D eigenvalue weighted by atomic mass is 10.0. The minimum Gasteiger partial charge on any atom is -0.441 e. The number of thioether (sulfide) groups is 1. The van der Waals surface area contributed by atoms with Gasteiger partial charge < -0.3 is 13.3 Å². The summed E-state index contributed by atoms with van der Waals surface area (Å²) < 4.78 is 20.7. The van der Waals surface area contributed by atoms with E-state index in [1.54, 1.807) is 11.3 Å². The first-order chi connectivity index (χ1) is 20.0. The molecule has 2 aromatic heterocycles. The summed E-state index contributed by atoms with van der Waals surface area (Å²) >= 11 is 2.75. The lowest BCUT2D eigenvalue weighted by Gasteiger charge is -2.43. The van der Waals surface area contributed by atoms with Gasteiger partial charge in [0, 0.05) is 28.2 Å². The highest BCUT2D eigenvalue weighted by Crippen LogP contribution is 2.44. The van der Waals surface area contributed by atoms with Crippen LogP contribution in [0.25, 0.3) is 11.5 Å². The number of aromatic nitrogens is 1. The zero-order valence-electron chi connectivity index (χ0n) is 27.1. The Bertz CT molecular complexity index is 1420. The molecule has 7 nitrogen and oxygen atoms in total. The maximum Gasteiger partial charge on any atom is 0.286 e. The quantitative estimate of drug-likeness (QED) is 0.165. The number of hydrogen-bond acceptors (Lipinski definition) is 8. The molecule has 1 aliphatic rings. The van der Waals surface area contributed by atoms with Crippen molar-refractivity contribution in [3.63, 3.8) is 0 Å². The van der Waals surface area contributed by atoms with E-state index in [2.05, 4.69) is 91.1 Å². The molecule has 3 aromatic rings. The number of thiophene rings is 1. The zero-order valence-corrected chi connectivity index (χ0v) is 31.1. The number of rotatable bonds is 11. The summed E-state index contributed by atoms with van der Waals surface area (Å²) in [6.07, 6.45) is 1.84. The Kier molecular flexibility index (Phi) is 10.3. The van der Waals surface area contributed by atoms with Gasteiger partial charge in [0.1, 0.15) is 11.5 Å². The zero-order chi connectivity index (χ0) is 31.7. The van der Waals surface area contributed by atoms with Crippen molar-refractivity contribution < 1.29 is 22.9 Å². The molecule has 43 heavy (non-hydrogen) atoms. The van der Waals surface area contributed by atoms with Gasteiger partial charge >= 0.3 is 0 Å². The Morgan fingerprint density at radius 1 is 0.907 bits per heavy atom. The van der Waals surface area contributed by atoms with Gasteiger partial charge in [-0.3, -0.25) is 14.9 Å². The van der Waals surface area contributed by atoms with Crippen molar-refractivity contribution in [1.82, 2.24) is 10.3 Å². The van der Waals surface area contributed by atoms with Crippen LogP contribution < -0.4 is 5.32 Å². The Labute approximate surface area is 268 Å². The van der Waals surface area contributed by atoms with Crippen molar-refractivity contribution in [2.24, 2.45) is 0 Å². The molecule has 1 aromatic carbocycles. The predicted molar refractivity (Wildman–Crippen MR) is 182 cm³/mol. The van der Waals surface area contributed by atoms with Crippen molar-refractivity contribution in [2.45, 2.75) is 109 Å². The van der Waals surface area contributed by atoms with Crippen LogP contribution in [-0.4, -0.2) is 39.5 Å². The first-order valence-corrected chi connectivity index (χ1v) is 21.1. The van der Waals surface area contributed by atoms with Gasteiger partial charge in [-0.1, -0.05) is 71.0 Å². The fraction of sp³-hybridized carbons (Fsp3) is 0.531. The Balaban J connectivity index is 1.72. The number of benzene rings is 1. The monoisotopic (exact) mass is 658 g/mol. The predicted octanol–water partition coefficient (Wildman–Crippen LogP) is 8.04. The summed E-state index contributed by atoms with van der Waals surface area (Å²) in [5.74, 6) is 0.0200. The van der Waals surface area contributed by atoms with Crippen molar-refractivity contribution in [1.29, 1.82) is 0 Å². The van der Waals surface area contributed by atoms with E-state index in [0.29, 0.717) is 24.5 Å². The van der Waals surface area contributed by atoms with E-state index in [9.17, 15) is 9.59 Å². The molecular formula is C32H46N2O5S2Si2. The standard InChI is InChI=1S/C32H46N2O5S2Si2/c1-20-11-13-22(14-12-20)28-33-26(21(2)37-28)32(38-42(9)30(3,4)5,39-43(10)31(6,7)8)18-17-23-15-16-24(40-23)19-25-27(35)34-29(36)41-25/h11-16,25,42-43H,17-19H2,1-10H3,(H,34,35,36). The second kappa shape index (κ2) is 13.1. The Hall–Kier alpha value is -2.03. The highest BCUT2D eigenvalue weighted by atomic mass is 32.2. The maximum absolute atomic E-state index is 12.1. The van der Waals surface area contributed by atoms with Crippen LogP contribution in [0.4, 0.5) is 4.79 Å². The summed E-state index contributed by atoms with van der Waals surface area (Å²) in [4.78, 5) is 31.2. The molecule has 0 aliphatic carbocycles. The molecule has 1 fully saturated rings. The third kappa shape index (κ3) is 8.37. The molecule has 0 radical (unpaired) electrons. The number of imide groups is 1. The number of hydrogen-bond donors (Lipinski definition) is 1. The van der Waals surface area contributed by atoms with Gasteiger partial charge in [-0.15, -0.1) is 11.3 Å². The van der Waals surface area contributed by atoms with Crippen molar-refractivity contribution in [3.05, 3.63) is 63.2 Å². The Morgan fingerprint density at radius 2 is 1.49 bits per heavy atom. The van der Waals surface area contributed by atoms with Crippen LogP contribution in [0.2, 0.25) is 23.2 Å². The summed E-state index contributed by atoms with van der Waals surface area (Å²) in [6, 6.07) is 12.4. The second-order valence-electron chi connectivity index (χ2n) is 13.8. The molecule has 1 N–H and O–H groups in total. The molecule has 1 saturated heterocycles. The largest absolute Gasteiger partial charge is 0.441 e. The molecule has 2 amide bonds. The molecule has 1 aliphatic heterocycles. The van der Waals surface area contributed by atoms with Gasteiger partial charge in [0.05, 0.1) is 5.25 Å². The van der Waals surface area contributed by atoms with Gasteiger partial charge in [-0.05, 0) is 67.7 Å². The van der Waals surface area contributed by atoms with Gasteiger partial charge in [-0.2, -0.15) is 0 Å². The van der Waals surface area contributed by atoms with E-state index >= 15 is 0 Å². The third-order valence-corrected chi connectivity index (χ3v) is 16.7. The third-order valence-electron chi connectivity index (χ3n) is 8.20. The fourth-order valence-electron chi connectivity index (χ4n) is 4.53. The topological polar surface area (TPSA) is 90.7 Å². The highest BCUT2D eigenvalue weighted by molar-refractivity contribution is 8.15. The van der Waals surface area contributed by atoms with Crippen LogP contribution in [-0.2, 0) is 32.3 Å². The summed E-state index contributed by atoms with van der Waals surface area (Å²) in [5, 5.41) is 1.75. The average molecular weight is 659 g/mol. The van der Waals surface area contributed by atoms with Crippen LogP contribution in [0.1, 0.15) is 74.7 Å². The van der Waals surface area contributed by atoms with E-state index in [4.69, 9.17) is 18.3 Å². The van der Waals surface area contributed by atoms with Gasteiger partial charge in [0.15, 0.2) is 23.9 Å². The fourth-order valence-corrected chi connectivity index (χ4v) is 9.08. The molecule has 3 atom stereocenters. The number of oxazole rings is 1. The minimum absolute atomic E-state index is 0.00558. The van der Waals surface area contributed by atoms with Gasteiger partial charge in [0.2, 0.25) is 11.8 Å². The Morgan fingerprint density at radius 3 is 2.02 bits per heavy atom. The number of aryl methyl sites for hydroxylation is 3. The van der Waals surface area contributed by atoms with Crippen LogP contribution in [0.5, 0.6) is 0 Å². The van der Waals surface area contributed by atoms with E-state index in [1.807, 2.05) is 19.1 Å². The molecule has 0 saturated carbocycles. The van der Waals surface area contributed by atoms with E-state index in [1.165, 1.54) is 10.4 Å². The van der Waals surface area contributed by atoms with Crippen LogP contribution in [0.3, 0.4) is 0 Å². The summed E-state index contributed by atoms with van der Waals surface area (Å²) in [5.41, 5.74) is 2.83. The number of amides is 2. The molecular weight excluding hydrogens is 613 g/mol. The van der Waals surface area contributed by atoms with Crippen molar-refractivity contribution in [3.8, 4) is 11.5 Å². The molecule has 3 heterocycles. The van der Waals surface area contributed by atoms with Crippen LogP contribution in [0, 0.1) is 13.8 Å². The van der Waals surface area contributed by atoms with E-state index in [-0.39, 0.29) is 26.5 Å². The summed E-state index contributed by atoms with van der Waals surface area (Å²) in [7, 11) is -3.61. The number of nitrogens with one attached hydrogen (secondary N) is 1. The maximum atomic E-state index is 12.1. The lowest BCUT2D eigenvalue weighted by Crippen LogP contribution is -2.47. The SMILES string of the molecule is Cc1ccc(-c2nc(C(CCc3ccc(CC4SC(=O)NC4=O)s3)(O[SiH](C)C(C)(C)C)O[SiH](C)C(C)(C)C)c(C)o2)cc1. The molecule has 11 heteroatoms. The van der Waals surface area contributed by atoms with Gasteiger partial charge in [-0.25, -0.2) is 4.98 Å².